The quantitative estimate of drug-likeness (QED) is 0.0417. The zero-order chi connectivity index (χ0) is 50.0. The average molecular weight is 977 g/mol. The highest BCUT2D eigenvalue weighted by Crippen LogP contribution is 2.19. The lowest BCUT2D eigenvalue weighted by Gasteiger charge is -2.22. The highest BCUT2D eigenvalue weighted by molar-refractivity contribution is 5.76. The van der Waals surface area contributed by atoms with E-state index < -0.39 is 12.1 Å². The van der Waals surface area contributed by atoms with E-state index in [2.05, 4.69) is 19.2 Å². The summed E-state index contributed by atoms with van der Waals surface area (Å²) < 4.78 is 5.48. The maximum Gasteiger partial charge on any atom is 0.305 e. The third-order valence-corrected chi connectivity index (χ3v) is 15.2. The lowest BCUT2D eigenvalue weighted by atomic mass is 10.0. The molecule has 0 saturated heterocycles. The van der Waals surface area contributed by atoms with Crippen molar-refractivity contribution in [1.82, 2.24) is 5.32 Å². The molecule has 0 aliphatic rings. The Morgan fingerprint density at radius 2 is 0.594 bits per heavy atom. The number of aliphatic hydroxyl groups is 2. The van der Waals surface area contributed by atoms with Crippen molar-refractivity contribution in [2.75, 3.05) is 13.2 Å². The van der Waals surface area contributed by atoms with Crippen LogP contribution in [0.15, 0.2) is 0 Å². The standard InChI is InChI=1S/C63H125NO5/c1-3-5-7-9-11-13-14-37-41-45-49-53-57-63(68)69-58-54-50-46-42-38-35-33-31-29-27-25-23-21-19-17-15-16-18-20-22-24-26-28-30-32-34-36-40-44-48-52-56-62(67)64-60(59-65)61(66)55-51-47-43-39-12-10-8-6-4-2/h60-61,65-66H,3-59H2,1-2H3,(H,64,67). The Bertz CT molecular complexity index is 990. The molecule has 6 heteroatoms. The fraction of sp³-hybridized carbons (Fsp3) is 0.968. The van der Waals surface area contributed by atoms with Gasteiger partial charge in [-0.3, -0.25) is 9.59 Å². The molecule has 0 aromatic heterocycles. The second-order valence-corrected chi connectivity index (χ2v) is 22.1. The van der Waals surface area contributed by atoms with Crippen LogP contribution in [0.25, 0.3) is 0 Å². The third-order valence-electron chi connectivity index (χ3n) is 15.2. The van der Waals surface area contributed by atoms with Gasteiger partial charge in [-0.05, 0) is 25.7 Å². The molecule has 1 amide bonds. The van der Waals surface area contributed by atoms with Crippen molar-refractivity contribution < 1.29 is 24.5 Å². The number of carbonyl (C=O) groups excluding carboxylic acids is 2. The summed E-state index contributed by atoms with van der Waals surface area (Å²) in [5, 5.41) is 23.1. The molecular formula is C63H125NO5. The molecule has 0 aromatic carbocycles. The van der Waals surface area contributed by atoms with Crippen LogP contribution in [0.5, 0.6) is 0 Å². The van der Waals surface area contributed by atoms with Crippen LogP contribution in [-0.2, 0) is 14.3 Å². The summed E-state index contributed by atoms with van der Waals surface area (Å²) in [4.78, 5) is 24.4. The maximum absolute atomic E-state index is 12.4. The smallest absolute Gasteiger partial charge is 0.305 e. The molecule has 0 aliphatic carbocycles. The zero-order valence-corrected chi connectivity index (χ0v) is 47.1. The van der Waals surface area contributed by atoms with E-state index in [0.717, 1.165) is 38.5 Å². The van der Waals surface area contributed by atoms with Gasteiger partial charge in [0.05, 0.1) is 25.4 Å². The van der Waals surface area contributed by atoms with Crippen molar-refractivity contribution in [3.05, 3.63) is 0 Å². The molecule has 2 atom stereocenters. The number of hydrogen-bond acceptors (Lipinski definition) is 5. The minimum absolute atomic E-state index is 0.0220. The molecule has 0 heterocycles. The molecule has 0 spiro atoms. The fourth-order valence-electron chi connectivity index (χ4n) is 10.3. The Balaban J connectivity index is 3.28. The van der Waals surface area contributed by atoms with E-state index in [1.165, 1.54) is 295 Å². The summed E-state index contributed by atoms with van der Waals surface area (Å²) >= 11 is 0. The Morgan fingerprint density at radius 1 is 0.348 bits per heavy atom. The van der Waals surface area contributed by atoms with Crippen LogP contribution in [0.4, 0.5) is 0 Å². The Kier molecular flexibility index (Phi) is 58.4. The van der Waals surface area contributed by atoms with E-state index in [0.29, 0.717) is 25.9 Å². The van der Waals surface area contributed by atoms with Crippen LogP contribution in [0, 0.1) is 0 Å². The van der Waals surface area contributed by atoms with Gasteiger partial charge in [0.2, 0.25) is 5.91 Å². The Labute approximate surface area is 432 Å². The first kappa shape index (κ1) is 67.9. The van der Waals surface area contributed by atoms with Crippen LogP contribution in [0.3, 0.4) is 0 Å². The molecule has 69 heavy (non-hydrogen) atoms. The summed E-state index contributed by atoms with van der Waals surface area (Å²) in [5.74, 6) is -0.00913. The first-order valence-corrected chi connectivity index (χ1v) is 31.8. The topological polar surface area (TPSA) is 95.9 Å². The fourth-order valence-corrected chi connectivity index (χ4v) is 10.3. The number of amides is 1. The summed E-state index contributed by atoms with van der Waals surface area (Å²) in [6, 6.07) is -0.534. The largest absolute Gasteiger partial charge is 0.466 e. The number of esters is 1. The van der Waals surface area contributed by atoms with Crippen LogP contribution < -0.4 is 5.32 Å². The number of nitrogens with one attached hydrogen (secondary N) is 1. The average Bonchev–Trinajstić information content (AvgIpc) is 3.35. The lowest BCUT2D eigenvalue weighted by molar-refractivity contribution is -0.143. The minimum atomic E-state index is -0.657. The van der Waals surface area contributed by atoms with E-state index in [9.17, 15) is 19.8 Å². The van der Waals surface area contributed by atoms with Crippen molar-refractivity contribution in [1.29, 1.82) is 0 Å². The number of aliphatic hydroxyl groups excluding tert-OH is 2. The van der Waals surface area contributed by atoms with Crippen LogP contribution in [0.2, 0.25) is 0 Å². The number of ether oxygens (including phenoxy) is 1. The van der Waals surface area contributed by atoms with E-state index in [-0.39, 0.29) is 18.5 Å². The minimum Gasteiger partial charge on any atom is -0.466 e. The lowest BCUT2D eigenvalue weighted by Crippen LogP contribution is -2.45. The summed E-state index contributed by atoms with van der Waals surface area (Å²) in [5.41, 5.74) is 0. The Morgan fingerprint density at radius 3 is 0.884 bits per heavy atom. The molecule has 0 rings (SSSR count). The molecule has 0 radical (unpaired) electrons. The van der Waals surface area contributed by atoms with Gasteiger partial charge in [-0.1, -0.05) is 328 Å². The predicted molar refractivity (Wildman–Crippen MR) is 301 cm³/mol. The van der Waals surface area contributed by atoms with E-state index in [4.69, 9.17) is 4.74 Å². The molecular weight excluding hydrogens is 851 g/mol. The van der Waals surface area contributed by atoms with Crippen molar-refractivity contribution in [2.24, 2.45) is 0 Å². The second kappa shape index (κ2) is 59.4. The normalized spacial score (nSPS) is 12.5. The van der Waals surface area contributed by atoms with Gasteiger partial charge in [0.1, 0.15) is 0 Å². The van der Waals surface area contributed by atoms with Crippen molar-refractivity contribution in [3.63, 3.8) is 0 Å². The SMILES string of the molecule is CCCCCCCCCCCCCCC(=O)OCCCCCCCCCCCCCCCCCCCCCCCCCCCCCCCCCC(=O)NC(CO)C(O)CCCCCCCCCCC. The van der Waals surface area contributed by atoms with E-state index >= 15 is 0 Å². The van der Waals surface area contributed by atoms with Gasteiger partial charge in [-0.2, -0.15) is 0 Å². The van der Waals surface area contributed by atoms with Crippen LogP contribution in [-0.4, -0.2) is 47.4 Å². The summed E-state index contributed by atoms with van der Waals surface area (Å²) in [6.07, 6.45) is 70.0. The van der Waals surface area contributed by atoms with Crippen molar-refractivity contribution >= 4 is 11.9 Å². The molecule has 3 N–H and O–H groups in total. The van der Waals surface area contributed by atoms with Crippen LogP contribution >= 0.6 is 0 Å². The monoisotopic (exact) mass is 976 g/mol. The summed E-state index contributed by atoms with van der Waals surface area (Å²) in [6.45, 7) is 4.96. The molecule has 0 aliphatic heterocycles. The van der Waals surface area contributed by atoms with Gasteiger partial charge in [0, 0.05) is 12.8 Å². The van der Waals surface area contributed by atoms with Gasteiger partial charge < -0.3 is 20.3 Å². The molecule has 0 bridgehead atoms. The van der Waals surface area contributed by atoms with Crippen molar-refractivity contribution in [3.8, 4) is 0 Å². The zero-order valence-electron chi connectivity index (χ0n) is 47.1. The van der Waals surface area contributed by atoms with Gasteiger partial charge in [0.25, 0.3) is 0 Å². The predicted octanol–water partition coefficient (Wildman–Crippen LogP) is 19.9. The van der Waals surface area contributed by atoms with Gasteiger partial charge in [-0.25, -0.2) is 0 Å². The van der Waals surface area contributed by atoms with Gasteiger partial charge >= 0.3 is 5.97 Å². The Hall–Kier alpha value is -1.14. The second-order valence-electron chi connectivity index (χ2n) is 22.1. The highest BCUT2D eigenvalue weighted by atomic mass is 16.5. The number of rotatable bonds is 60. The van der Waals surface area contributed by atoms with Gasteiger partial charge in [0.15, 0.2) is 0 Å². The third kappa shape index (κ3) is 56.0. The van der Waals surface area contributed by atoms with E-state index in [1.54, 1.807) is 0 Å². The van der Waals surface area contributed by atoms with Crippen molar-refractivity contribution in [2.45, 2.75) is 379 Å². The number of unbranched alkanes of at least 4 members (excludes halogenated alkanes) is 49. The van der Waals surface area contributed by atoms with Crippen LogP contribution in [0.1, 0.15) is 367 Å². The molecule has 0 fully saturated rings. The summed E-state index contributed by atoms with van der Waals surface area (Å²) in [7, 11) is 0. The molecule has 412 valence electrons. The molecule has 6 nitrogen and oxygen atoms in total. The highest BCUT2D eigenvalue weighted by Gasteiger charge is 2.20. The molecule has 0 saturated carbocycles. The first-order valence-electron chi connectivity index (χ1n) is 31.8. The van der Waals surface area contributed by atoms with Gasteiger partial charge in [-0.15, -0.1) is 0 Å². The molecule has 2 unspecified atom stereocenters. The number of hydrogen-bond donors (Lipinski definition) is 3. The molecule has 0 aromatic rings. The number of carbonyl (C=O) groups is 2. The maximum atomic E-state index is 12.4. The first-order chi connectivity index (χ1) is 34.0. The van der Waals surface area contributed by atoms with E-state index in [1.807, 2.05) is 0 Å².